The third-order valence-corrected chi connectivity index (χ3v) is 8.23. The van der Waals surface area contributed by atoms with Crippen molar-refractivity contribution in [3.05, 3.63) is 83.7 Å². The minimum Gasteiger partial charge on any atom is -0.493 e. The number of hydrogen-bond acceptors (Lipinski definition) is 6. The van der Waals surface area contributed by atoms with Crippen molar-refractivity contribution in [2.75, 3.05) is 25.1 Å². The lowest BCUT2D eigenvalue weighted by atomic mass is 10.1. The van der Waals surface area contributed by atoms with E-state index in [4.69, 9.17) is 9.47 Å². The maximum atomic E-state index is 14.6. The largest absolute Gasteiger partial charge is 0.493 e. The number of methoxy groups -OCH3 is 2. The molecule has 2 amide bonds. The summed E-state index contributed by atoms with van der Waals surface area (Å²) in [6, 6.07) is 15.4. The fourth-order valence-electron chi connectivity index (χ4n) is 4.14. The first-order valence-corrected chi connectivity index (χ1v) is 14.5. The van der Waals surface area contributed by atoms with Crippen LogP contribution in [0.25, 0.3) is 0 Å². The zero-order valence-corrected chi connectivity index (χ0v) is 24.9. The maximum absolute atomic E-state index is 14.6. The number of ether oxygens (including phenoxy) is 2. The molecular formula is C30H36FN3O6S. The first-order valence-electron chi connectivity index (χ1n) is 13.0. The number of carbonyl (C=O) groups is 2. The van der Waals surface area contributed by atoms with Crippen molar-refractivity contribution in [3.8, 4) is 11.5 Å². The van der Waals surface area contributed by atoms with Gasteiger partial charge in [0.15, 0.2) is 11.5 Å². The summed E-state index contributed by atoms with van der Waals surface area (Å²) in [6.07, 6.45) is 0. The van der Waals surface area contributed by atoms with Gasteiger partial charge in [-0.2, -0.15) is 0 Å². The number of carbonyl (C=O) groups excluding carboxylic acids is 2. The Kier molecular flexibility index (Phi) is 10.3. The molecule has 1 N–H and O–H groups in total. The second-order valence-corrected chi connectivity index (χ2v) is 11.7. The van der Waals surface area contributed by atoms with Gasteiger partial charge in [0.1, 0.15) is 18.4 Å². The van der Waals surface area contributed by atoms with Crippen molar-refractivity contribution in [1.29, 1.82) is 0 Å². The zero-order valence-electron chi connectivity index (χ0n) is 24.0. The van der Waals surface area contributed by atoms with Gasteiger partial charge in [0.05, 0.1) is 24.8 Å². The molecule has 0 aliphatic heterocycles. The smallest absolute Gasteiger partial charge is 0.264 e. The van der Waals surface area contributed by atoms with Crippen molar-refractivity contribution >= 4 is 27.5 Å². The maximum Gasteiger partial charge on any atom is 0.264 e. The Balaban J connectivity index is 2.10. The minimum atomic E-state index is -4.28. The molecule has 0 spiro atoms. The first-order chi connectivity index (χ1) is 19.4. The van der Waals surface area contributed by atoms with E-state index >= 15 is 0 Å². The molecule has 0 radical (unpaired) electrons. The van der Waals surface area contributed by atoms with Gasteiger partial charge in [-0.05, 0) is 58.0 Å². The van der Waals surface area contributed by atoms with Gasteiger partial charge < -0.3 is 19.7 Å². The molecule has 3 aromatic rings. The molecule has 0 bridgehead atoms. The van der Waals surface area contributed by atoms with Crippen molar-refractivity contribution in [2.45, 2.75) is 51.2 Å². The van der Waals surface area contributed by atoms with E-state index in [1.807, 2.05) is 6.92 Å². The van der Waals surface area contributed by atoms with E-state index < -0.39 is 40.2 Å². The Hall–Kier alpha value is -4.12. The average molecular weight is 586 g/mol. The molecule has 0 heterocycles. The Morgan fingerprint density at radius 3 is 2.15 bits per heavy atom. The third kappa shape index (κ3) is 7.55. The second-order valence-electron chi connectivity index (χ2n) is 9.82. The summed E-state index contributed by atoms with van der Waals surface area (Å²) in [5.41, 5.74) is 1.18. The van der Waals surface area contributed by atoms with E-state index in [1.165, 1.54) is 74.6 Å². The van der Waals surface area contributed by atoms with Gasteiger partial charge in [0, 0.05) is 24.2 Å². The molecule has 9 nitrogen and oxygen atoms in total. The Morgan fingerprint density at radius 2 is 1.56 bits per heavy atom. The van der Waals surface area contributed by atoms with E-state index in [2.05, 4.69) is 5.32 Å². The van der Waals surface area contributed by atoms with Crippen LogP contribution in [0.5, 0.6) is 11.5 Å². The molecule has 0 fully saturated rings. The molecule has 0 aliphatic rings. The van der Waals surface area contributed by atoms with Gasteiger partial charge >= 0.3 is 0 Å². The molecule has 0 unspecified atom stereocenters. The lowest BCUT2D eigenvalue weighted by molar-refractivity contribution is -0.139. The van der Waals surface area contributed by atoms with E-state index in [9.17, 15) is 22.4 Å². The molecule has 3 rings (SSSR count). The van der Waals surface area contributed by atoms with Crippen LogP contribution in [0.4, 0.5) is 10.1 Å². The number of anilines is 1. The lowest BCUT2D eigenvalue weighted by Gasteiger charge is -2.32. The average Bonchev–Trinajstić information content (AvgIpc) is 2.94. The van der Waals surface area contributed by atoms with Crippen LogP contribution in [0.15, 0.2) is 71.6 Å². The highest BCUT2D eigenvalue weighted by Gasteiger charge is 2.33. The Labute approximate surface area is 240 Å². The number of amides is 2. The number of aryl methyl sites for hydroxylation is 1. The number of sulfonamides is 1. The summed E-state index contributed by atoms with van der Waals surface area (Å²) in [5.74, 6) is -1.08. The molecule has 3 aromatic carbocycles. The monoisotopic (exact) mass is 585 g/mol. The Bertz CT molecular complexity index is 1480. The van der Waals surface area contributed by atoms with Crippen LogP contribution in [0.2, 0.25) is 0 Å². The van der Waals surface area contributed by atoms with Crippen LogP contribution < -0.4 is 19.1 Å². The van der Waals surface area contributed by atoms with Crippen molar-refractivity contribution in [2.24, 2.45) is 0 Å². The van der Waals surface area contributed by atoms with Gasteiger partial charge in [-0.3, -0.25) is 13.9 Å². The van der Waals surface area contributed by atoms with Gasteiger partial charge in [-0.15, -0.1) is 0 Å². The number of benzene rings is 3. The summed E-state index contributed by atoms with van der Waals surface area (Å²) < 4.78 is 54.2. The quantitative estimate of drug-likeness (QED) is 0.340. The third-order valence-electron chi connectivity index (χ3n) is 6.44. The van der Waals surface area contributed by atoms with Gasteiger partial charge in [0.25, 0.3) is 10.0 Å². The summed E-state index contributed by atoms with van der Waals surface area (Å²) in [6.45, 7) is 5.99. The van der Waals surface area contributed by atoms with Crippen LogP contribution in [0.3, 0.4) is 0 Å². The predicted octanol–water partition coefficient (Wildman–Crippen LogP) is 4.29. The Morgan fingerprint density at radius 1 is 0.927 bits per heavy atom. The number of nitrogens with one attached hydrogen (secondary N) is 1. The molecule has 0 saturated carbocycles. The number of hydrogen-bond donors (Lipinski definition) is 1. The van der Waals surface area contributed by atoms with E-state index in [0.717, 1.165) is 9.87 Å². The normalized spacial score (nSPS) is 12.0. The summed E-state index contributed by atoms with van der Waals surface area (Å²) in [5, 5.41) is 2.76. The zero-order chi connectivity index (χ0) is 30.3. The molecule has 220 valence electrons. The standard InChI is InChI=1S/C30H36FN3O6S/c1-20(2)32-30(36)22(4)33(18-23-9-7-8-10-26(23)31)29(35)19-34(24-13-16-27(39-5)28(17-24)40-6)41(37,38)25-14-11-21(3)12-15-25/h7-17,20,22H,18-19H2,1-6H3,(H,32,36)/t22-/m1/s1. The SMILES string of the molecule is COc1ccc(N(CC(=O)N(Cc2ccccc2F)[C@H](C)C(=O)NC(C)C)S(=O)(=O)c2ccc(C)cc2)cc1OC. The molecule has 1 atom stereocenters. The molecule has 11 heteroatoms. The predicted molar refractivity (Wildman–Crippen MR) is 155 cm³/mol. The first kappa shape index (κ1) is 31.4. The highest BCUT2D eigenvalue weighted by atomic mass is 32.2. The van der Waals surface area contributed by atoms with Crippen molar-refractivity contribution in [3.63, 3.8) is 0 Å². The van der Waals surface area contributed by atoms with Crippen LogP contribution >= 0.6 is 0 Å². The van der Waals surface area contributed by atoms with Crippen molar-refractivity contribution in [1.82, 2.24) is 10.2 Å². The number of rotatable bonds is 12. The van der Waals surface area contributed by atoms with Crippen LogP contribution in [-0.2, 0) is 26.2 Å². The van der Waals surface area contributed by atoms with E-state index in [1.54, 1.807) is 32.0 Å². The highest BCUT2D eigenvalue weighted by molar-refractivity contribution is 7.92. The van der Waals surface area contributed by atoms with Gasteiger partial charge in [-0.1, -0.05) is 35.9 Å². The highest BCUT2D eigenvalue weighted by Crippen LogP contribution is 2.34. The van der Waals surface area contributed by atoms with Crippen molar-refractivity contribution < 1.29 is 31.9 Å². The molecular weight excluding hydrogens is 549 g/mol. The minimum absolute atomic E-state index is 0.0306. The second kappa shape index (κ2) is 13.5. The van der Waals surface area contributed by atoms with Crippen LogP contribution in [0.1, 0.15) is 31.9 Å². The molecule has 0 aromatic heterocycles. The van der Waals surface area contributed by atoms with Crippen LogP contribution in [0, 0.1) is 12.7 Å². The number of nitrogens with zero attached hydrogens (tertiary/aromatic N) is 2. The van der Waals surface area contributed by atoms with E-state index in [0.29, 0.717) is 5.75 Å². The topological polar surface area (TPSA) is 105 Å². The summed E-state index contributed by atoms with van der Waals surface area (Å²) in [4.78, 5) is 28.1. The summed E-state index contributed by atoms with van der Waals surface area (Å²) >= 11 is 0. The van der Waals surface area contributed by atoms with Gasteiger partial charge in [0.2, 0.25) is 11.8 Å². The molecule has 0 aliphatic carbocycles. The van der Waals surface area contributed by atoms with E-state index in [-0.39, 0.29) is 34.5 Å². The summed E-state index contributed by atoms with van der Waals surface area (Å²) in [7, 11) is -1.41. The van der Waals surface area contributed by atoms with Gasteiger partial charge in [-0.25, -0.2) is 12.8 Å². The lowest BCUT2D eigenvalue weighted by Crippen LogP contribution is -2.52. The molecule has 41 heavy (non-hydrogen) atoms. The fraction of sp³-hybridized carbons (Fsp3) is 0.333. The number of halogens is 1. The molecule has 0 saturated heterocycles. The van der Waals surface area contributed by atoms with Crippen LogP contribution in [-0.4, -0.2) is 58.0 Å². The fourth-order valence-corrected chi connectivity index (χ4v) is 5.55.